The van der Waals surface area contributed by atoms with Crippen LogP contribution in [0, 0.1) is 13.8 Å². The fourth-order valence-corrected chi connectivity index (χ4v) is 3.54. The molecule has 134 valence electrons. The fraction of sp³-hybridized carbons (Fsp3) is 0.316. The number of carbonyl (C=O) groups excluding carboxylic acids is 1. The number of sulfonamides is 1. The van der Waals surface area contributed by atoms with E-state index in [0.29, 0.717) is 12.1 Å². The highest BCUT2D eigenvalue weighted by Gasteiger charge is 2.17. The van der Waals surface area contributed by atoms with Gasteiger partial charge in [-0.05, 0) is 49.6 Å². The molecular formula is C19H24N2O3S. The van der Waals surface area contributed by atoms with Crippen LogP contribution in [0.25, 0.3) is 0 Å². The van der Waals surface area contributed by atoms with Gasteiger partial charge in [-0.25, -0.2) is 8.42 Å². The van der Waals surface area contributed by atoms with E-state index in [2.05, 4.69) is 5.32 Å². The Morgan fingerprint density at radius 1 is 1.08 bits per heavy atom. The summed E-state index contributed by atoms with van der Waals surface area (Å²) >= 11 is 0. The summed E-state index contributed by atoms with van der Waals surface area (Å²) in [7, 11) is -3.40. The maximum absolute atomic E-state index is 12.1. The minimum Gasteiger partial charge on any atom is -0.326 e. The molecule has 2 aromatic carbocycles. The van der Waals surface area contributed by atoms with Crippen molar-refractivity contribution in [2.75, 3.05) is 22.4 Å². The van der Waals surface area contributed by atoms with Crippen LogP contribution in [0.15, 0.2) is 48.5 Å². The fourth-order valence-electron chi connectivity index (χ4n) is 2.58. The average Bonchev–Trinajstić information content (AvgIpc) is 2.52. The monoisotopic (exact) mass is 360 g/mol. The van der Waals surface area contributed by atoms with Crippen molar-refractivity contribution in [3.63, 3.8) is 0 Å². The summed E-state index contributed by atoms with van der Waals surface area (Å²) < 4.78 is 25.5. The number of nitrogens with one attached hydrogen (secondary N) is 1. The predicted molar refractivity (Wildman–Crippen MR) is 102 cm³/mol. The summed E-state index contributed by atoms with van der Waals surface area (Å²) in [6.07, 6.45) is 1.88. The van der Waals surface area contributed by atoms with Gasteiger partial charge in [-0.1, -0.05) is 30.3 Å². The zero-order chi connectivity index (χ0) is 18.4. The number of amides is 1. The zero-order valence-electron chi connectivity index (χ0n) is 14.8. The highest BCUT2D eigenvalue weighted by Crippen LogP contribution is 2.20. The van der Waals surface area contributed by atoms with Crippen LogP contribution in [0.1, 0.15) is 24.0 Å². The Hall–Kier alpha value is -2.34. The Morgan fingerprint density at radius 3 is 2.44 bits per heavy atom. The van der Waals surface area contributed by atoms with Crippen LogP contribution < -0.4 is 9.62 Å². The number of para-hydroxylation sites is 1. The lowest BCUT2D eigenvalue weighted by Crippen LogP contribution is -2.31. The molecule has 5 nitrogen and oxygen atoms in total. The molecule has 1 N–H and O–H groups in total. The number of carbonyl (C=O) groups is 1. The van der Waals surface area contributed by atoms with Crippen molar-refractivity contribution < 1.29 is 13.2 Å². The van der Waals surface area contributed by atoms with E-state index in [4.69, 9.17) is 0 Å². The Bertz CT molecular complexity index is 847. The Labute approximate surface area is 149 Å². The number of hydrogen-bond acceptors (Lipinski definition) is 3. The van der Waals surface area contributed by atoms with Crippen molar-refractivity contribution in [1.29, 1.82) is 0 Å². The van der Waals surface area contributed by atoms with E-state index in [1.165, 1.54) is 10.6 Å². The van der Waals surface area contributed by atoms with Crippen LogP contribution in [0.4, 0.5) is 11.4 Å². The maximum atomic E-state index is 12.1. The first kappa shape index (κ1) is 19.0. The third-order valence-electron chi connectivity index (χ3n) is 3.87. The first-order chi connectivity index (χ1) is 11.8. The molecule has 0 saturated carbocycles. The summed E-state index contributed by atoms with van der Waals surface area (Å²) in [6, 6.07) is 14.9. The largest absolute Gasteiger partial charge is 0.326 e. The van der Waals surface area contributed by atoms with Gasteiger partial charge >= 0.3 is 0 Å². The van der Waals surface area contributed by atoms with E-state index >= 15 is 0 Å². The van der Waals surface area contributed by atoms with Crippen LogP contribution in [0.5, 0.6) is 0 Å². The second-order valence-electron chi connectivity index (χ2n) is 6.14. The Morgan fingerprint density at radius 2 is 1.80 bits per heavy atom. The average molecular weight is 360 g/mol. The molecule has 0 aliphatic carbocycles. The van der Waals surface area contributed by atoms with Crippen molar-refractivity contribution in [1.82, 2.24) is 0 Å². The molecular weight excluding hydrogens is 336 g/mol. The van der Waals surface area contributed by atoms with E-state index in [0.717, 1.165) is 16.8 Å². The van der Waals surface area contributed by atoms with Crippen molar-refractivity contribution in [3.8, 4) is 0 Å². The molecule has 2 rings (SSSR count). The molecule has 0 aromatic heterocycles. The minimum atomic E-state index is -3.40. The molecule has 0 fully saturated rings. The summed E-state index contributed by atoms with van der Waals surface area (Å²) in [5.41, 5.74) is 3.39. The molecule has 0 aliphatic heterocycles. The molecule has 0 heterocycles. The molecule has 1 amide bonds. The van der Waals surface area contributed by atoms with E-state index < -0.39 is 10.0 Å². The number of anilines is 2. The minimum absolute atomic E-state index is 0.119. The van der Waals surface area contributed by atoms with Crippen molar-refractivity contribution in [3.05, 3.63) is 59.7 Å². The number of benzene rings is 2. The first-order valence-corrected chi connectivity index (χ1v) is 10.0. The summed E-state index contributed by atoms with van der Waals surface area (Å²) in [6.45, 7) is 4.11. The standard InChI is InChI=1S/C19H24N2O3S/c1-15-8-6-10-17(14-15)21(25(3,23)24)13-7-12-19(22)20-18-11-5-4-9-16(18)2/h4-6,8-11,14H,7,12-13H2,1-3H3,(H,20,22). The molecule has 0 atom stereocenters. The zero-order valence-corrected chi connectivity index (χ0v) is 15.6. The van der Waals surface area contributed by atoms with Crippen molar-refractivity contribution in [2.24, 2.45) is 0 Å². The SMILES string of the molecule is Cc1cccc(N(CCCC(=O)Nc2ccccc2C)S(C)(=O)=O)c1. The molecule has 0 spiro atoms. The van der Waals surface area contributed by atoms with E-state index in [1.54, 1.807) is 6.07 Å². The lowest BCUT2D eigenvalue weighted by atomic mass is 10.2. The van der Waals surface area contributed by atoms with Crippen molar-refractivity contribution in [2.45, 2.75) is 26.7 Å². The smallest absolute Gasteiger partial charge is 0.232 e. The van der Waals surface area contributed by atoms with Gasteiger partial charge in [0.15, 0.2) is 0 Å². The first-order valence-electron chi connectivity index (χ1n) is 8.17. The van der Waals surface area contributed by atoms with Crippen LogP contribution >= 0.6 is 0 Å². The lowest BCUT2D eigenvalue weighted by Gasteiger charge is -2.22. The molecule has 0 radical (unpaired) electrons. The topological polar surface area (TPSA) is 66.5 Å². The molecule has 0 unspecified atom stereocenters. The second-order valence-corrected chi connectivity index (χ2v) is 8.05. The number of rotatable bonds is 7. The van der Waals surface area contributed by atoms with Gasteiger partial charge in [0.1, 0.15) is 0 Å². The summed E-state index contributed by atoms with van der Waals surface area (Å²) in [5.74, 6) is -0.119. The number of aryl methyl sites for hydroxylation is 2. The van der Waals surface area contributed by atoms with Crippen LogP contribution in [0.3, 0.4) is 0 Å². The van der Waals surface area contributed by atoms with Crippen LogP contribution in [0.2, 0.25) is 0 Å². The van der Waals surface area contributed by atoms with Gasteiger partial charge in [0, 0.05) is 18.7 Å². The van der Waals surface area contributed by atoms with Gasteiger partial charge in [-0.2, -0.15) is 0 Å². The highest BCUT2D eigenvalue weighted by atomic mass is 32.2. The lowest BCUT2D eigenvalue weighted by molar-refractivity contribution is -0.116. The van der Waals surface area contributed by atoms with Gasteiger partial charge < -0.3 is 5.32 Å². The van der Waals surface area contributed by atoms with E-state index in [1.807, 2.05) is 56.3 Å². The molecule has 6 heteroatoms. The van der Waals surface area contributed by atoms with Gasteiger partial charge in [-0.15, -0.1) is 0 Å². The summed E-state index contributed by atoms with van der Waals surface area (Å²) in [4.78, 5) is 12.1. The van der Waals surface area contributed by atoms with Gasteiger partial charge in [0.05, 0.1) is 11.9 Å². The third-order valence-corrected chi connectivity index (χ3v) is 5.07. The highest BCUT2D eigenvalue weighted by molar-refractivity contribution is 7.92. The molecule has 0 saturated heterocycles. The van der Waals surface area contributed by atoms with E-state index in [9.17, 15) is 13.2 Å². The second kappa shape index (κ2) is 8.16. The van der Waals surface area contributed by atoms with Crippen LogP contribution in [-0.2, 0) is 14.8 Å². The summed E-state index contributed by atoms with van der Waals surface area (Å²) in [5, 5.41) is 2.86. The number of hydrogen-bond donors (Lipinski definition) is 1. The molecule has 0 bridgehead atoms. The van der Waals surface area contributed by atoms with Gasteiger partial charge in [0.25, 0.3) is 0 Å². The third kappa shape index (κ3) is 5.60. The Balaban J connectivity index is 1.97. The molecule has 0 aliphatic rings. The maximum Gasteiger partial charge on any atom is 0.232 e. The normalized spacial score (nSPS) is 11.2. The van der Waals surface area contributed by atoms with Gasteiger partial charge in [-0.3, -0.25) is 9.10 Å². The predicted octanol–water partition coefficient (Wildman–Crippen LogP) is 3.49. The van der Waals surface area contributed by atoms with Gasteiger partial charge in [0.2, 0.25) is 15.9 Å². The number of nitrogens with zero attached hydrogens (tertiary/aromatic N) is 1. The van der Waals surface area contributed by atoms with Crippen LogP contribution in [-0.4, -0.2) is 27.1 Å². The van der Waals surface area contributed by atoms with E-state index in [-0.39, 0.29) is 18.9 Å². The molecule has 2 aromatic rings. The quantitative estimate of drug-likeness (QED) is 0.822. The Kier molecular flexibility index (Phi) is 6.20. The molecule has 25 heavy (non-hydrogen) atoms. The van der Waals surface area contributed by atoms with Crippen molar-refractivity contribution >= 4 is 27.3 Å².